The van der Waals surface area contributed by atoms with Crippen LogP contribution in [0.1, 0.15) is 16.1 Å². The summed E-state index contributed by atoms with van der Waals surface area (Å²) in [7, 11) is 1.31. The number of rotatable bonds is 3. The molecule has 0 spiro atoms. The quantitative estimate of drug-likeness (QED) is 0.695. The van der Waals surface area contributed by atoms with E-state index >= 15 is 0 Å². The number of esters is 1. The normalized spacial score (nSPS) is 10.8. The predicted octanol–water partition coefficient (Wildman–Crippen LogP) is 2.49. The molecule has 0 bridgehead atoms. The number of ether oxygens (including phenoxy) is 1. The Kier molecular flexibility index (Phi) is 3.15. The summed E-state index contributed by atoms with van der Waals surface area (Å²) in [5, 5.41) is 1.87. The summed E-state index contributed by atoms with van der Waals surface area (Å²) < 4.78 is 12.4. The van der Waals surface area contributed by atoms with E-state index in [1.54, 1.807) is 12.3 Å². The number of carbonyl (C=O) groups excluding carboxylic acids is 1. The molecule has 20 heavy (non-hydrogen) atoms. The first-order valence-electron chi connectivity index (χ1n) is 5.92. The van der Waals surface area contributed by atoms with E-state index in [9.17, 15) is 9.59 Å². The molecule has 0 atom stereocenters. The average molecular weight is 289 g/mol. The number of fused-ring (bicyclic) bond motifs is 1. The summed E-state index contributed by atoms with van der Waals surface area (Å²) in [4.78, 5) is 23.3. The second kappa shape index (κ2) is 4.97. The molecule has 0 saturated carbocycles. The number of hydrogen-bond donors (Lipinski definition) is 0. The maximum atomic E-state index is 11.7. The molecular weight excluding hydrogens is 278 g/mol. The van der Waals surface area contributed by atoms with Crippen molar-refractivity contribution in [1.29, 1.82) is 0 Å². The van der Waals surface area contributed by atoms with E-state index in [1.165, 1.54) is 30.8 Å². The van der Waals surface area contributed by atoms with E-state index in [1.807, 2.05) is 16.0 Å². The Hall–Kier alpha value is -2.34. The fourth-order valence-corrected chi connectivity index (χ4v) is 2.90. The van der Waals surface area contributed by atoms with Crippen LogP contribution in [0.15, 0.2) is 45.3 Å². The highest BCUT2D eigenvalue weighted by Gasteiger charge is 2.16. The molecule has 5 nitrogen and oxygen atoms in total. The number of carbonyl (C=O) groups is 1. The van der Waals surface area contributed by atoms with Crippen molar-refractivity contribution in [3.05, 3.63) is 57.6 Å². The third kappa shape index (κ3) is 2.04. The molecule has 3 heterocycles. The zero-order valence-corrected chi connectivity index (χ0v) is 11.5. The lowest BCUT2D eigenvalue weighted by Gasteiger charge is -2.07. The molecule has 6 heteroatoms. The molecule has 0 aliphatic carbocycles. The zero-order valence-electron chi connectivity index (χ0n) is 10.7. The summed E-state index contributed by atoms with van der Waals surface area (Å²) in [6, 6.07) is 5.14. The molecule has 0 aromatic carbocycles. The topological polar surface area (TPSA) is 61.4 Å². The van der Waals surface area contributed by atoms with Crippen LogP contribution in [0.4, 0.5) is 0 Å². The van der Waals surface area contributed by atoms with Gasteiger partial charge in [0.25, 0.3) is 0 Å². The molecule has 0 aliphatic heterocycles. The second-order valence-electron chi connectivity index (χ2n) is 4.21. The maximum Gasteiger partial charge on any atom is 0.374 e. The third-order valence-electron chi connectivity index (χ3n) is 3.04. The molecule has 0 aliphatic rings. The molecule has 0 fully saturated rings. The lowest BCUT2D eigenvalue weighted by atomic mass is 10.2. The standard InChI is InChI=1S/C14H11NO4S/c1-18-14(17)12-9(3-6-19-12)8-15-5-2-11(16)13-10(15)4-7-20-13/h2-7H,8H2,1H3. The van der Waals surface area contributed by atoms with Crippen LogP contribution in [-0.4, -0.2) is 17.6 Å². The molecule has 3 aromatic rings. The summed E-state index contributed by atoms with van der Waals surface area (Å²) in [6.07, 6.45) is 3.17. The largest absolute Gasteiger partial charge is 0.463 e. The van der Waals surface area contributed by atoms with Crippen molar-refractivity contribution in [3.8, 4) is 0 Å². The Bertz CT molecular complexity index is 827. The Labute approximate surface area is 118 Å². The Morgan fingerprint density at radius 1 is 1.40 bits per heavy atom. The van der Waals surface area contributed by atoms with E-state index in [0.29, 0.717) is 16.8 Å². The first-order valence-corrected chi connectivity index (χ1v) is 6.80. The van der Waals surface area contributed by atoms with Gasteiger partial charge in [0.1, 0.15) is 0 Å². The molecule has 0 amide bonds. The first kappa shape index (κ1) is 12.7. The van der Waals surface area contributed by atoms with Gasteiger partial charge >= 0.3 is 5.97 Å². The van der Waals surface area contributed by atoms with Gasteiger partial charge in [-0.05, 0) is 17.5 Å². The second-order valence-corrected chi connectivity index (χ2v) is 5.13. The molecule has 0 radical (unpaired) electrons. The van der Waals surface area contributed by atoms with Gasteiger partial charge < -0.3 is 13.7 Å². The van der Waals surface area contributed by atoms with Gasteiger partial charge in [0.05, 0.1) is 30.1 Å². The number of aromatic nitrogens is 1. The fraction of sp³-hybridized carbons (Fsp3) is 0.143. The molecule has 3 aromatic heterocycles. The van der Waals surface area contributed by atoms with Crippen molar-refractivity contribution >= 4 is 27.5 Å². The van der Waals surface area contributed by atoms with Crippen molar-refractivity contribution < 1.29 is 13.9 Å². The monoisotopic (exact) mass is 289 g/mol. The van der Waals surface area contributed by atoms with Crippen LogP contribution in [0.2, 0.25) is 0 Å². The number of methoxy groups -OCH3 is 1. The van der Waals surface area contributed by atoms with Crippen LogP contribution in [0, 0.1) is 0 Å². The predicted molar refractivity (Wildman–Crippen MR) is 75.2 cm³/mol. The van der Waals surface area contributed by atoms with Crippen molar-refractivity contribution in [2.75, 3.05) is 7.11 Å². The SMILES string of the molecule is COC(=O)c1occc1Cn1ccc(=O)c2sccc21. The summed E-state index contributed by atoms with van der Waals surface area (Å²) in [5.74, 6) is -0.317. The van der Waals surface area contributed by atoms with Crippen molar-refractivity contribution in [1.82, 2.24) is 4.57 Å². The number of nitrogens with zero attached hydrogens (tertiary/aromatic N) is 1. The Balaban J connectivity index is 2.04. The van der Waals surface area contributed by atoms with Crippen molar-refractivity contribution in [3.63, 3.8) is 0 Å². The van der Waals surface area contributed by atoms with Gasteiger partial charge in [-0.2, -0.15) is 0 Å². The molecule has 0 saturated heterocycles. The van der Waals surface area contributed by atoms with E-state index in [-0.39, 0.29) is 11.2 Å². The van der Waals surface area contributed by atoms with E-state index in [4.69, 9.17) is 4.42 Å². The van der Waals surface area contributed by atoms with E-state index in [0.717, 1.165) is 5.52 Å². The van der Waals surface area contributed by atoms with Crippen LogP contribution in [0.5, 0.6) is 0 Å². The van der Waals surface area contributed by atoms with Crippen LogP contribution in [-0.2, 0) is 11.3 Å². The van der Waals surface area contributed by atoms with Gasteiger partial charge in [-0.1, -0.05) is 0 Å². The number of hydrogen-bond acceptors (Lipinski definition) is 5. The van der Waals surface area contributed by atoms with Gasteiger partial charge in [-0.15, -0.1) is 11.3 Å². The van der Waals surface area contributed by atoms with Gasteiger partial charge in [-0.25, -0.2) is 4.79 Å². The van der Waals surface area contributed by atoms with Gasteiger partial charge in [0.2, 0.25) is 5.76 Å². The van der Waals surface area contributed by atoms with Crippen LogP contribution < -0.4 is 5.43 Å². The van der Waals surface area contributed by atoms with Crippen LogP contribution in [0.25, 0.3) is 10.2 Å². The van der Waals surface area contributed by atoms with Crippen LogP contribution >= 0.6 is 11.3 Å². The maximum absolute atomic E-state index is 11.7. The molecular formula is C14H11NO4S. The Morgan fingerprint density at radius 3 is 3.05 bits per heavy atom. The van der Waals surface area contributed by atoms with Gasteiger partial charge in [0.15, 0.2) is 5.43 Å². The van der Waals surface area contributed by atoms with Crippen LogP contribution in [0.3, 0.4) is 0 Å². The molecule has 0 N–H and O–H groups in total. The highest BCUT2D eigenvalue weighted by atomic mass is 32.1. The summed E-state index contributed by atoms with van der Waals surface area (Å²) >= 11 is 1.41. The number of thiophene rings is 1. The fourth-order valence-electron chi connectivity index (χ4n) is 2.08. The zero-order chi connectivity index (χ0) is 14.1. The smallest absolute Gasteiger partial charge is 0.374 e. The average Bonchev–Trinajstić information content (AvgIpc) is 3.10. The van der Waals surface area contributed by atoms with Crippen molar-refractivity contribution in [2.24, 2.45) is 0 Å². The lowest BCUT2D eigenvalue weighted by molar-refractivity contribution is 0.0563. The van der Waals surface area contributed by atoms with E-state index in [2.05, 4.69) is 4.74 Å². The minimum absolute atomic E-state index is 0.00614. The van der Waals surface area contributed by atoms with E-state index < -0.39 is 5.97 Å². The molecule has 0 unspecified atom stereocenters. The summed E-state index contributed by atoms with van der Waals surface area (Å²) in [5.41, 5.74) is 1.57. The lowest BCUT2D eigenvalue weighted by Crippen LogP contribution is -2.09. The highest BCUT2D eigenvalue weighted by Crippen LogP contribution is 2.20. The van der Waals surface area contributed by atoms with Gasteiger partial charge in [-0.3, -0.25) is 4.79 Å². The van der Waals surface area contributed by atoms with Gasteiger partial charge in [0, 0.05) is 17.8 Å². The first-order chi connectivity index (χ1) is 9.70. The Morgan fingerprint density at radius 2 is 2.25 bits per heavy atom. The van der Waals surface area contributed by atoms with Crippen molar-refractivity contribution in [2.45, 2.75) is 6.54 Å². The highest BCUT2D eigenvalue weighted by molar-refractivity contribution is 7.17. The summed E-state index contributed by atoms with van der Waals surface area (Å²) in [6.45, 7) is 0.439. The minimum atomic E-state index is -0.507. The number of pyridine rings is 1. The minimum Gasteiger partial charge on any atom is -0.463 e. The molecule has 102 valence electrons. The third-order valence-corrected chi connectivity index (χ3v) is 3.96. The number of furan rings is 1. The molecule has 3 rings (SSSR count).